The molecule has 1 fully saturated rings. The predicted octanol–water partition coefficient (Wildman–Crippen LogP) is 6.27. The summed E-state index contributed by atoms with van der Waals surface area (Å²) in [5.74, 6) is -1.88. The van der Waals surface area contributed by atoms with Crippen molar-refractivity contribution < 1.29 is 28.5 Å². The second-order valence-corrected chi connectivity index (χ2v) is 10.2. The van der Waals surface area contributed by atoms with Crippen LogP contribution in [0, 0.1) is 0 Å². The lowest BCUT2D eigenvalue weighted by Crippen LogP contribution is -2.65. The number of hydrogen-bond donors (Lipinski definition) is 0. The van der Waals surface area contributed by atoms with Gasteiger partial charge in [-0.1, -0.05) is 121 Å². The third-order valence-electron chi connectivity index (χ3n) is 7.06. The topological polar surface area (TPSA) is 63.2 Å². The zero-order chi connectivity index (χ0) is 28.3. The molecule has 0 aromatic heterocycles. The molecular weight excluding hydrogens is 516 g/mol. The third kappa shape index (κ3) is 7.90. The van der Waals surface area contributed by atoms with Crippen molar-refractivity contribution >= 4 is 5.97 Å². The maximum Gasteiger partial charge on any atom is 0.305 e. The van der Waals surface area contributed by atoms with Gasteiger partial charge in [-0.05, 0) is 22.3 Å². The second kappa shape index (κ2) is 14.2. The summed E-state index contributed by atoms with van der Waals surface area (Å²) in [5.41, 5.74) is 3.99. The number of benzene rings is 4. The lowest BCUT2D eigenvalue weighted by Gasteiger charge is -2.48. The fourth-order valence-electron chi connectivity index (χ4n) is 5.11. The predicted molar refractivity (Wildman–Crippen MR) is 156 cm³/mol. The molecule has 6 nitrogen and oxygen atoms in total. The van der Waals surface area contributed by atoms with Crippen LogP contribution in [-0.4, -0.2) is 36.7 Å². The van der Waals surface area contributed by atoms with Crippen molar-refractivity contribution in [3.63, 3.8) is 0 Å². The largest absolute Gasteiger partial charge is 0.430 e. The van der Waals surface area contributed by atoms with Gasteiger partial charge in [-0.15, -0.1) is 0 Å². The van der Waals surface area contributed by atoms with Crippen LogP contribution in [0.5, 0.6) is 0 Å². The number of esters is 1. The summed E-state index contributed by atoms with van der Waals surface area (Å²) >= 11 is 0. The van der Waals surface area contributed by atoms with Gasteiger partial charge >= 0.3 is 5.97 Å². The number of carbonyl (C=O) groups is 1. The molecule has 1 saturated heterocycles. The maximum atomic E-state index is 12.6. The Morgan fingerprint density at radius 1 is 0.659 bits per heavy atom. The Labute approximate surface area is 241 Å². The Morgan fingerprint density at radius 2 is 1.10 bits per heavy atom. The van der Waals surface area contributed by atoms with E-state index in [1.165, 1.54) is 6.92 Å². The Morgan fingerprint density at radius 3 is 1.59 bits per heavy atom. The Hall–Kier alpha value is -3.81. The van der Waals surface area contributed by atoms with Gasteiger partial charge in [0.2, 0.25) is 5.79 Å². The van der Waals surface area contributed by atoms with Gasteiger partial charge in [0.25, 0.3) is 0 Å². The maximum absolute atomic E-state index is 12.6. The molecule has 0 saturated carbocycles. The first-order valence-electron chi connectivity index (χ1n) is 14.0. The average Bonchev–Trinajstić information content (AvgIpc) is 3.00. The summed E-state index contributed by atoms with van der Waals surface area (Å²) in [6.45, 7) is 2.55. The Kier molecular flexibility index (Phi) is 9.94. The van der Waals surface area contributed by atoms with Gasteiger partial charge < -0.3 is 23.7 Å². The zero-order valence-electron chi connectivity index (χ0n) is 23.3. The average molecular weight is 553 g/mol. The summed E-state index contributed by atoms with van der Waals surface area (Å²) in [4.78, 5) is 12.6. The van der Waals surface area contributed by atoms with Crippen LogP contribution in [0.15, 0.2) is 121 Å². The van der Waals surface area contributed by atoms with E-state index >= 15 is 0 Å². The van der Waals surface area contributed by atoms with E-state index in [2.05, 4.69) is 0 Å². The molecule has 0 spiro atoms. The highest BCUT2D eigenvalue weighted by Crippen LogP contribution is 2.37. The highest BCUT2D eigenvalue weighted by Gasteiger charge is 2.55. The molecular formula is C35H36O6. The van der Waals surface area contributed by atoms with Crippen molar-refractivity contribution in [2.75, 3.05) is 6.61 Å². The third-order valence-corrected chi connectivity index (χ3v) is 7.06. The molecule has 0 N–H and O–H groups in total. The highest BCUT2D eigenvalue weighted by atomic mass is 16.7. The van der Waals surface area contributed by atoms with Crippen molar-refractivity contribution in [2.45, 2.75) is 57.3 Å². The van der Waals surface area contributed by atoms with Crippen molar-refractivity contribution in [1.82, 2.24) is 0 Å². The van der Waals surface area contributed by atoms with Gasteiger partial charge in [0.05, 0.1) is 26.4 Å². The van der Waals surface area contributed by atoms with Crippen molar-refractivity contribution in [1.29, 1.82) is 0 Å². The standard InChI is InChI=1S/C35H36O6/c1-27(36)41-35(22-28-14-6-2-7-15-28)34(39-25-31-20-12-5-13-21-31)33(38-24-30-18-10-4-11-19-30)32(26-40-35)37-23-29-16-8-3-9-17-29/h2-21,32-34H,22-26H2,1H3/t32-,33+,34-,35?/m1/s1. The van der Waals surface area contributed by atoms with Crippen LogP contribution in [0.25, 0.3) is 0 Å². The molecule has 4 aromatic carbocycles. The quantitative estimate of drug-likeness (QED) is 0.193. The van der Waals surface area contributed by atoms with E-state index in [-0.39, 0.29) is 13.2 Å². The monoisotopic (exact) mass is 552 g/mol. The lowest BCUT2D eigenvalue weighted by molar-refractivity contribution is -0.345. The fraction of sp³-hybridized carbons (Fsp3) is 0.286. The lowest BCUT2D eigenvalue weighted by atomic mass is 9.90. The normalized spacial score (nSPS) is 22.2. The molecule has 0 aliphatic carbocycles. The van der Waals surface area contributed by atoms with E-state index in [4.69, 9.17) is 23.7 Å². The molecule has 6 heteroatoms. The van der Waals surface area contributed by atoms with Gasteiger partial charge in [0, 0.05) is 13.3 Å². The fourth-order valence-corrected chi connectivity index (χ4v) is 5.11. The van der Waals surface area contributed by atoms with E-state index < -0.39 is 30.1 Å². The molecule has 0 radical (unpaired) electrons. The zero-order valence-corrected chi connectivity index (χ0v) is 23.3. The molecule has 41 heavy (non-hydrogen) atoms. The van der Waals surface area contributed by atoms with Crippen LogP contribution in [0.4, 0.5) is 0 Å². The van der Waals surface area contributed by atoms with Crippen LogP contribution in [0.2, 0.25) is 0 Å². The highest BCUT2D eigenvalue weighted by molar-refractivity contribution is 5.66. The molecule has 4 aromatic rings. The minimum absolute atomic E-state index is 0.164. The first-order valence-corrected chi connectivity index (χ1v) is 14.0. The number of rotatable bonds is 12. The van der Waals surface area contributed by atoms with E-state index in [1.807, 2.05) is 121 Å². The number of hydrogen-bond acceptors (Lipinski definition) is 6. The van der Waals surface area contributed by atoms with Crippen LogP contribution in [-0.2, 0) is 54.7 Å². The first kappa shape index (κ1) is 28.7. The van der Waals surface area contributed by atoms with Crippen molar-refractivity contribution in [3.8, 4) is 0 Å². The summed E-state index contributed by atoms with van der Waals surface area (Å²) < 4.78 is 32.2. The van der Waals surface area contributed by atoms with E-state index in [1.54, 1.807) is 0 Å². The van der Waals surface area contributed by atoms with Crippen LogP contribution in [0.1, 0.15) is 29.2 Å². The molecule has 4 atom stereocenters. The summed E-state index contributed by atoms with van der Waals surface area (Å²) in [5, 5.41) is 0. The minimum atomic E-state index is -1.42. The van der Waals surface area contributed by atoms with Crippen LogP contribution >= 0.6 is 0 Å². The van der Waals surface area contributed by atoms with Crippen molar-refractivity contribution in [2.24, 2.45) is 0 Å². The molecule has 1 aliphatic rings. The minimum Gasteiger partial charge on any atom is -0.430 e. The molecule has 0 amide bonds. The molecule has 212 valence electrons. The molecule has 1 unspecified atom stereocenters. The smallest absolute Gasteiger partial charge is 0.305 e. The van der Waals surface area contributed by atoms with Crippen LogP contribution in [0.3, 0.4) is 0 Å². The number of carbonyl (C=O) groups excluding carboxylic acids is 1. The van der Waals surface area contributed by atoms with Gasteiger partial charge in [0.1, 0.15) is 12.2 Å². The molecule has 0 bridgehead atoms. The van der Waals surface area contributed by atoms with E-state index in [0.717, 1.165) is 22.3 Å². The summed E-state index contributed by atoms with van der Waals surface area (Å²) in [6.07, 6.45) is -1.56. The van der Waals surface area contributed by atoms with Crippen molar-refractivity contribution in [3.05, 3.63) is 144 Å². The number of ether oxygens (including phenoxy) is 5. The summed E-state index contributed by atoms with van der Waals surface area (Å²) in [6, 6.07) is 39.7. The Bertz CT molecular complexity index is 1330. The second-order valence-electron chi connectivity index (χ2n) is 10.2. The molecule has 5 rings (SSSR count). The van der Waals surface area contributed by atoms with Crippen LogP contribution < -0.4 is 0 Å². The van der Waals surface area contributed by atoms with E-state index in [9.17, 15) is 4.79 Å². The van der Waals surface area contributed by atoms with Gasteiger partial charge in [0.15, 0.2) is 6.10 Å². The SMILES string of the molecule is CC(=O)OC1(Cc2ccccc2)OC[C@@H](OCc2ccccc2)[C@H](OCc2ccccc2)[C@H]1OCc1ccccc1. The van der Waals surface area contributed by atoms with E-state index in [0.29, 0.717) is 19.6 Å². The molecule has 1 aliphatic heterocycles. The first-order chi connectivity index (χ1) is 20.1. The Balaban J connectivity index is 1.49. The van der Waals surface area contributed by atoms with Gasteiger partial charge in [-0.2, -0.15) is 0 Å². The van der Waals surface area contributed by atoms with Gasteiger partial charge in [-0.25, -0.2) is 0 Å². The van der Waals surface area contributed by atoms with Gasteiger partial charge in [-0.3, -0.25) is 4.79 Å². The summed E-state index contributed by atoms with van der Waals surface area (Å²) in [7, 11) is 0. The molecule has 1 heterocycles.